The lowest BCUT2D eigenvalue weighted by Gasteiger charge is -2.34. The predicted octanol–water partition coefficient (Wildman–Crippen LogP) is 5.91. The van der Waals surface area contributed by atoms with E-state index >= 15 is 0 Å². The van der Waals surface area contributed by atoms with Gasteiger partial charge in [0.1, 0.15) is 6.61 Å². The fraction of sp³-hybridized carbons (Fsp3) is 0.269. The fourth-order valence-corrected chi connectivity index (χ4v) is 5.13. The Bertz CT molecular complexity index is 1220. The average Bonchev–Trinajstić information content (AvgIpc) is 3.32. The second-order valence-corrected chi connectivity index (χ2v) is 9.69. The van der Waals surface area contributed by atoms with Crippen molar-refractivity contribution in [2.45, 2.75) is 13.2 Å². The van der Waals surface area contributed by atoms with Crippen molar-refractivity contribution in [3.8, 4) is 17.2 Å². The van der Waals surface area contributed by atoms with Crippen LogP contribution in [0.4, 0.5) is 0 Å². The minimum absolute atomic E-state index is 0.0112. The Morgan fingerprint density at radius 2 is 1.60 bits per heavy atom. The topological polar surface area (TPSA) is 51.2 Å². The van der Waals surface area contributed by atoms with Gasteiger partial charge in [-0.05, 0) is 47.5 Å². The van der Waals surface area contributed by atoms with Crippen LogP contribution >= 0.6 is 34.8 Å². The molecule has 9 heteroatoms. The molecular formula is C26H23Cl3N2O4. The number of carbonyl (C=O) groups is 1. The van der Waals surface area contributed by atoms with Crippen molar-refractivity contribution in [2.75, 3.05) is 33.0 Å². The Labute approximate surface area is 218 Å². The summed E-state index contributed by atoms with van der Waals surface area (Å²) >= 11 is 18.4. The molecule has 0 atom stereocenters. The Kier molecular flexibility index (Phi) is 7.25. The molecule has 0 spiro atoms. The van der Waals surface area contributed by atoms with Gasteiger partial charge in [0.25, 0.3) is 5.91 Å². The van der Waals surface area contributed by atoms with Gasteiger partial charge < -0.3 is 19.1 Å². The number of rotatable bonds is 6. The van der Waals surface area contributed by atoms with E-state index in [0.717, 1.165) is 36.7 Å². The third kappa shape index (κ3) is 5.62. The molecule has 0 saturated carbocycles. The van der Waals surface area contributed by atoms with Gasteiger partial charge in [0, 0.05) is 43.3 Å². The first kappa shape index (κ1) is 24.1. The Hall–Kier alpha value is -2.64. The van der Waals surface area contributed by atoms with E-state index in [1.807, 2.05) is 41.3 Å². The monoisotopic (exact) mass is 532 g/mol. The molecule has 0 N–H and O–H groups in total. The van der Waals surface area contributed by atoms with Crippen molar-refractivity contribution in [3.05, 3.63) is 86.4 Å². The molecule has 1 fully saturated rings. The van der Waals surface area contributed by atoms with Crippen molar-refractivity contribution in [1.29, 1.82) is 0 Å². The highest BCUT2D eigenvalue weighted by molar-refractivity contribution is 6.40. The minimum atomic E-state index is 0.0112. The number of hydrogen-bond acceptors (Lipinski definition) is 5. The molecule has 0 aromatic heterocycles. The molecule has 2 aliphatic rings. The summed E-state index contributed by atoms with van der Waals surface area (Å²) in [4.78, 5) is 17.4. The summed E-state index contributed by atoms with van der Waals surface area (Å²) in [5, 5.41) is 1.12. The quantitative estimate of drug-likeness (QED) is 0.394. The van der Waals surface area contributed by atoms with E-state index in [1.54, 1.807) is 12.1 Å². The van der Waals surface area contributed by atoms with Crippen LogP contribution in [-0.4, -0.2) is 48.7 Å². The zero-order valence-electron chi connectivity index (χ0n) is 18.8. The van der Waals surface area contributed by atoms with Gasteiger partial charge in [-0.15, -0.1) is 0 Å². The zero-order valence-corrected chi connectivity index (χ0v) is 21.1. The third-order valence-electron chi connectivity index (χ3n) is 6.02. The van der Waals surface area contributed by atoms with E-state index < -0.39 is 0 Å². The molecule has 2 heterocycles. The molecular weight excluding hydrogens is 511 g/mol. The molecule has 182 valence electrons. The van der Waals surface area contributed by atoms with Crippen molar-refractivity contribution in [2.24, 2.45) is 0 Å². The lowest BCUT2D eigenvalue weighted by atomic mass is 10.1. The molecule has 0 aliphatic carbocycles. The maximum Gasteiger partial charge on any atom is 0.253 e. The summed E-state index contributed by atoms with van der Waals surface area (Å²) in [6.07, 6.45) is 0. The van der Waals surface area contributed by atoms with Crippen molar-refractivity contribution in [3.63, 3.8) is 0 Å². The van der Waals surface area contributed by atoms with Crippen molar-refractivity contribution < 1.29 is 19.0 Å². The van der Waals surface area contributed by atoms with E-state index in [9.17, 15) is 4.79 Å². The zero-order chi connectivity index (χ0) is 24.4. The molecule has 5 rings (SSSR count). The average molecular weight is 534 g/mol. The van der Waals surface area contributed by atoms with Gasteiger partial charge in [-0.3, -0.25) is 9.69 Å². The summed E-state index contributed by atoms with van der Waals surface area (Å²) in [5.41, 5.74) is 2.64. The lowest BCUT2D eigenvalue weighted by Crippen LogP contribution is -2.48. The van der Waals surface area contributed by atoms with Crippen LogP contribution < -0.4 is 14.2 Å². The number of benzene rings is 3. The molecule has 35 heavy (non-hydrogen) atoms. The van der Waals surface area contributed by atoms with Crippen LogP contribution in [0, 0.1) is 0 Å². The van der Waals surface area contributed by atoms with Gasteiger partial charge in [0.15, 0.2) is 17.2 Å². The van der Waals surface area contributed by atoms with Gasteiger partial charge in [0.05, 0.1) is 10.0 Å². The van der Waals surface area contributed by atoms with E-state index in [4.69, 9.17) is 49.0 Å². The first-order valence-corrected chi connectivity index (χ1v) is 12.4. The number of ether oxygens (including phenoxy) is 3. The fourth-order valence-electron chi connectivity index (χ4n) is 4.21. The number of piperazine rings is 1. The summed E-state index contributed by atoms with van der Waals surface area (Å²) in [6, 6.07) is 16.6. The van der Waals surface area contributed by atoms with Crippen LogP contribution in [-0.2, 0) is 13.2 Å². The molecule has 0 bridgehead atoms. The van der Waals surface area contributed by atoms with Crippen LogP contribution in [0.25, 0.3) is 0 Å². The summed E-state index contributed by atoms with van der Waals surface area (Å²) in [6.45, 7) is 4.25. The maximum atomic E-state index is 13.1. The Morgan fingerprint density at radius 3 is 2.37 bits per heavy atom. The van der Waals surface area contributed by atoms with Crippen LogP contribution in [0.3, 0.4) is 0 Å². The number of carbonyl (C=O) groups excluding carboxylic acids is 1. The Balaban J connectivity index is 1.16. The lowest BCUT2D eigenvalue weighted by molar-refractivity contribution is 0.0628. The molecule has 0 radical (unpaired) electrons. The molecule has 3 aromatic carbocycles. The second kappa shape index (κ2) is 10.5. The van der Waals surface area contributed by atoms with Crippen LogP contribution in [0.1, 0.15) is 21.5 Å². The van der Waals surface area contributed by atoms with Gasteiger partial charge in [-0.1, -0.05) is 53.0 Å². The molecule has 3 aromatic rings. The number of halogens is 3. The molecule has 1 amide bonds. The number of fused-ring (bicyclic) bond motifs is 1. The number of hydrogen-bond donors (Lipinski definition) is 0. The summed E-state index contributed by atoms with van der Waals surface area (Å²) in [5.74, 6) is 1.96. The van der Waals surface area contributed by atoms with Crippen molar-refractivity contribution in [1.82, 2.24) is 9.80 Å². The summed E-state index contributed by atoms with van der Waals surface area (Å²) in [7, 11) is 0. The van der Waals surface area contributed by atoms with Gasteiger partial charge in [-0.25, -0.2) is 0 Å². The third-order valence-corrected chi connectivity index (χ3v) is 6.80. The second-order valence-electron chi connectivity index (χ2n) is 8.44. The molecule has 2 aliphatic heterocycles. The molecule has 1 saturated heterocycles. The van der Waals surface area contributed by atoms with Crippen LogP contribution in [0.2, 0.25) is 15.1 Å². The highest BCUT2D eigenvalue weighted by Gasteiger charge is 2.23. The number of amides is 1. The van der Waals surface area contributed by atoms with E-state index in [0.29, 0.717) is 39.5 Å². The minimum Gasteiger partial charge on any atom is -0.486 e. The van der Waals surface area contributed by atoms with Crippen molar-refractivity contribution >= 4 is 40.7 Å². The van der Waals surface area contributed by atoms with Gasteiger partial charge in [-0.2, -0.15) is 0 Å². The predicted molar refractivity (Wildman–Crippen MR) is 136 cm³/mol. The van der Waals surface area contributed by atoms with Gasteiger partial charge >= 0.3 is 0 Å². The smallest absolute Gasteiger partial charge is 0.253 e. The molecule has 0 unspecified atom stereocenters. The normalized spacial score (nSPS) is 15.3. The van der Waals surface area contributed by atoms with E-state index in [2.05, 4.69) is 11.0 Å². The van der Waals surface area contributed by atoms with Gasteiger partial charge in [0.2, 0.25) is 6.79 Å². The molecule has 6 nitrogen and oxygen atoms in total. The SMILES string of the molecule is O=C(c1cccc(COc2c(Cl)cc(Cl)cc2Cl)c1)N1CCN(Cc2ccc3c(c2)OCO3)CC1. The van der Waals surface area contributed by atoms with Crippen LogP contribution in [0.5, 0.6) is 17.2 Å². The highest BCUT2D eigenvalue weighted by atomic mass is 35.5. The first-order valence-electron chi connectivity index (χ1n) is 11.2. The number of nitrogens with zero attached hydrogens (tertiary/aromatic N) is 2. The highest BCUT2D eigenvalue weighted by Crippen LogP contribution is 2.36. The van der Waals surface area contributed by atoms with Crippen LogP contribution in [0.15, 0.2) is 54.6 Å². The van der Waals surface area contributed by atoms with E-state index in [-0.39, 0.29) is 19.3 Å². The summed E-state index contributed by atoms with van der Waals surface area (Å²) < 4.78 is 16.7. The standard InChI is InChI=1S/C26H23Cl3N2O4/c27-20-12-21(28)25(22(29)13-20)33-15-18-2-1-3-19(10-18)26(32)31-8-6-30(7-9-31)14-17-4-5-23-24(11-17)35-16-34-23/h1-5,10-13H,6-9,14-16H2. The Morgan fingerprint density at radius 1 is 0.857 bits per heavy atom. The maximum absolute atomic E-state index is 13.1. The van der Waals surface area contributed by atoms with E-state index in [1.165, 1.54) is 5.56 Å². The first-order chi connectivity index (χ1) is 17.0. The largest absolute Gasteiger partial charge is 0.486 e.